The van der Waals surface area contributed by atoms with Gasteiger partial charge < -0.3 is 9.42 Å². The third-order valence-corrected chi connectivity index (χ3v) is 2.99. The van der Waals surface area contributed by atoms with Gasteiger partial charge in [0.25, 0.3) is 0 Å². The topological polar surface area (TPSA) is 62.5 Å². The van der Waals surface area contributed by atoms with E-state index in [0.717, 1.165) is 19.5 Å². The average Bonchev–Trinajstić information content (AvgIpc) is 2.87. The number of nitrogens with zero attached hydrogens (tertiary/aromatic N) is 4. The standard InChI is InChI=1S/C11H18N4O2/c1-8-12-10(17-13-8)7-15-5-4-9(6-15)11(16)14(2)3/h9H,4-7H2,1-3H3. The molecule has 1 aromatic heterocycles. The third kappa shape index (κ3) is 2.82. The fourth-order valence-electron chi connectivity index (χ4n) is 2.14. The number of aromatic nitrogens is 2. The lowest BCUT2D eigenvalue weighted by Crippen LogP contribution is -2.31. The van der Waals surface area contributed by atoms with Crippen molar-refractivity contribution in [1.82, 2.24) is 19.9 Å². The predicted molar refractivity (Wildman–Crippen MR) is 61.1 cm³/mol. The van der Waals surface area contributed by atoms with Crippen LogP contribution < -0.4 is 0 Å². The monoisotopic (exact) mass is 238 g/mol. The molecule has 6 nitrogen and oxygen atoms in total. The van der Waals surface area contributed by atoms with Gasteiger partial charge in [0, 0.05) is 20.6 Å². The molecule has 1 aliphatic rings. The molecular weight excluding hydrogens is 220 g/mol. The highest BCUT2D eigenvalue weighted by Gasteiger charge is 2.29. The summed E-state index contributed by atoms with van der Waals surface area (Å²) in [5.74, 6) is 1.59. The van der Waals surface area contributed by atoms with E-state index < -0.39 is 0 Å². The molecule has 0 aromatic carbocycles. The molecule has 1 saturated heterocycles. The van der Waals surface area contributed by atoms with E-state index >= 15 is 0 Å². The van der Waals surface area contributed by atoms with E-state index in [2.05, 4.69) is 15.0 Å². The molecule has 6 heteroatoms. The van der Waals surface area contributed by atoms with E-state index in [4.69, 9.17) is 4.52 Å². The third-order valence-electron chi connectivity index (χ3n) is 2.99. The quantitative estimate of drug-likeness (QED) is 0.757. The second-order valence-corrected chi connectivity index (χ2v) is 4.69. The molecule has 0 saturated carbocycles. The van der Waals surface area contributed by atoms with Gasteiger partial charge in [-0.15, -0.1) is 0 Å². The summed E-state index contributed by atoms with van der Waals surface area (Å²) >= 11 is 0. The molecule has 0 N–H and O–H groups in total. The van der Waals surface area contributed by atoms with E-state index in [9.17, 15) is 4.79 Å². The van der Waals surface area contributed by atoms with Crippen LogP contribution >= 0.6 is 0 Å². The van der Waals surface area contributed by atoms with Gasteiger partial charge in [-0.1, -0.05) is 5.16 Å². The molecule has 94 valence electrons. The minimum absolute atomic E-state index is 0.106. The van der Waals surface area contributed by atoms with Crippen molar-refractivity contribution in [2.24, 2.45) is 5.92 Å². The minimum atomic E-state index is 0.106. The number of carbonyl (C=O) groups excluding carboxylic acids is 1. The zero-order valence-electron chi connectivity index (χ0n) is 10.5. The lowest BCUT2D eigenvalue weighted by Gasteiger charge is -2.16. The lowest BCUT2D eigenvalue weighted by molar-refractivity contribution is -0.132. The van der Waals surface area contributed by atoms with Crippen molar-refractivity contribution in [2.75, 3.05) is 27.2 Å². The normalized spacial score (nSPS) is 20.8. The summed E-state index contributed by atoms with van der Waals surface area (Å²) in [5, 5.41) is 3.75. The maximum atomic E-state index is 11.8. The maximum absolute atomic E-state index is 11.8. The number of carbonyl (C=O) groups is 1. The Morgan fingerprint density at radius 3 is 2.94 bits per heavy atom. The highest BCUT2D eigenvalue weighted by atomic mass is 16.5. The Kier molecular flexibility index (Phi) is 3.42. The molecule has 1 amide bonds. The van der Waals surface area contributed by atoms with E-state index in [1.807, 2.05) is 0 Å². The number of hydrogen-bond donors (Lipinski definition) is 0. The Bertz CT molecular complexity index is 402. The van der Waals surface area contributed by atoms with Crippen molar-refractivity contribution in [3.63, 3.8) is 0 Å². The number of hydrogen-bond acceptors (Lipinski definition) is 5. The van der Waals surface area contributed by atoms with E-state index in [-0.39, 0.29) is 11.8 Å². The second kappa shape index (κ2) is 4.83. The van der Waals surface area contributed by atoms with Crippen LogP contribution in [-0.2, 0) is 11.3 Å². The molecule has 0 spiro atoms. The number of rotatable bonds is 3. The summed E-state index contributed by atoms with van der Waals surface area (Å²) in [5.41, 5.74) is 0. The maximum Gasteiger partial charge on any atom is 0.240 e. The predicted octanol–water partition coefficient (Wildman–Crippen LogP) is 0.288. The SMILES string of the molecule is Cc1noc(CN2CCC(C(=O)N(C)C)C2)n1. The van der Waals surface area contributed by atoms with Crippen LogP contribution in [0, 0.1) is 12.8 Å². The van der Waals surface area contributed by atoms with Gasteiger partial charge in [-0.05, 0) is 19.9 Å². The van der Waals surface area contributed by atoms with Crippen molar-refractivity contribution in [2.45, 2.75) is 19.9 Å². The first-order chi connectivity index (χ1) is 8.06. The summed E-state index contributed by atoms with van der Waals surface area (Å²) in [6.45, 7) is 4.12. The van der Waals surface area contributed by atoms with E-state index in [1.165, 1.54) is 0 Å². The first-order valence-electron chi connectivity index (χ1n) is 5.79. The Hall–Kier alpha value is -1.43. The van der Waals surface area contributed by atoms with Crippen molar-refractivity contribution in [1.29, 1.82) is 0 Å². The average molecular weight is 238 g/mol. The first kappa shape index (κ1) is 12.0. The number of amides is 1. The van der Waals surface area contributed by atoms with Gasteiger partial charge in [-0.25, -0.2) is 0 Å². The molecule has 0 aliphatic carbocycles. The van der Waals surface area contributed by atoms with Gasteiger partial charge in [0.2, 0.25) is 11.8 Å². The molecule has 0 radical (unpaired) electrons. The Morgan fingerprint density at radius 1 is 1.59 bits per heavy atom. The zero-order valence-corrected chi connectivity index (χ0v) is 10.5. The molecule has 1 fully saturated rings. The first-order valence-corrected chi connectivity index (χ1v) is 5.79. The largest absolute Gasteiger partial charge is 0.349 e. The minimum Gasteiger partial charge on any atom is -0.349 e. The molecule has 2 rings (SSSR count). The van der Waals surface area contributed by atoms with E-state index in [0.29, 0.717) is 18.3 Å². The van der Waals surface area contributed by atoms with Crippen molar-refractivity contribution >= 4 is 5.91 Å². The van der Waals surface area contributed by atoms with Gasteiger partial charge in [0.1, 0.15) is 0 Å². The molecule has 17 heavy (non-hydrogen) atoms. The summed E-state index contributed by atoms with van der Waals surface area (Å²) in [6, 6.07) is 0. The van der Waals surface area contributed by atoms with Gasteiger partial charge in [-0.2, -0.15) is 4.98 Å². The Labute approximate surface area is 101 Å². The smallest absolute Gasteiger partial charge is 0.240 e. The van der Waals surface area contributed by atoms with E-state index in [1.54, 1.807) is 25.9 Å². The second-order valence-electron chi connectivity index (χ2n) is 4.69. The Morgan fingerprint density at radius 2 is 2.35 bits per heavy atom. The molecule has 0 bridgehead atoms. The van der Waals surface area contributed by atoms with Crippen LogP contribution in [0.4, 0.5) is 0 Å². The van der Waals surface area contributed by atoms with Crippen molar-refractivity contribution in [3.05, 3.63) is 11.7 Å². The summed E-state index contributed by atoms with van der Waals surface area (Å²) in [4.78, 5) is 19.8. The summed E-state index contributed by atoms with van der Waals surface area (Å²) in [7, 11) is 3.60. The highest BCUT2D eigenvalue weighted by molar-refractivity contribution is 5.78. The lowest BCUT2D eigenvalue weighted by atomic mass is 10.1. The van der Waals surface area contributed by atoms with Gasteiger partial charge in [0.05, 0.1) is 12.5 Å². The van der Waals surface area contributed by atoms with Crippen molar-refractivity contribution in [3.8, 4) is 0 Å². The number of aryl methyl sites for hydroxylation is 1. The van der Waals surface area contributed by atoms with Crippen LogP contribution in [0.5, 0.6) is 0 Å². The van der Waals surface area contributed by atoms with Crippen LogP contribution in [0.25, 0.3) is 0 Å². The molecule has 2 heterocycles. The molecule has 1 unspecified atom stereocenters. The van der Waals surface area contributed by atoms with Crippen LogP contribution in [0.15, 0.2) is 4.52 Å². The van der Waals surface area contributed by atoms with Crippen LogP contribution in [0.2, 0.25) is 0 Å². The highest BCUT2D eigenvalue weighted by Crippen LogP contribution is 2.19. The van der Waals surface area contributed by atoms with Crippen LogP contribution in [-0.4, -0.2) is 53.0 Å². The molecular formula is C11H18N4O2. The molecule has 1 aromatic rings. The molecule has 1 atom stereocenters. The van der Waals surface area contributed by atoms with Crippen LogP contribution in [0.3, 0.4) is 0 Å². The number of likely N-dealkylation sites (tertiary alicyclic amines) is 1. The summed E-state index contributed by atoms with van der Waals surface area (Å²) < 4.78 is 5.07. The molecule has 1 aliphatic heterocycles. The van der Waals surface area contributed by atoms with Gasteiger partial charge >= 0.3 is 0 Å². The fraction of sp³-hybridized carbons (Fsp3) is 0.727. The fourth-order valence-corrected chi connectivity index (χ4v) is 2.14. The zero-order chi connectivity index (χ0) is 12.4. The van der Waals surface area contributed by atoms with Gasteiger partial charge in [-0.3, -0.25) is 9.69 Å². The van der Waals surface area contributed by atoms with Crippen LogP contribution in [0.1, 0.15) is 18.1 Å². The van der Waals surface area contributed by atoms with Crippen molar-refractivity contribution < 1.29 is 9.32 Å². The van der Waals surface area contributed by atoms with Gasteiger partial charge in [0.15, 0.2) is 5.82 Å². The summed E-state index contributed by atoms with van der Waals surface area (Å²) in [6.07, 6.45) is 0.907. The Balaban J connectivity index is 1.88.